The topological polar surface area (TPSA) is 49.9 Å². The van der Waals surface area contributed by atoms with Crippen molar-refractivity contribution in [1.29, 1.82) is 0 Å². The van der Waals surface area contributed by atoms with E-state index >= 15 is 0 Å². The molecule has 0 amide bonds. The third kappa shape index (κ3) is 5.87. The van der Waals surface area contributed by atoms with Crippen LogP contribution in [-0.4, -0.2) is 49.9 Å². The SMILES string of the molecule is O=S(=O)(c1ccc(Cl)cc1)N(Cc1ccccc1OCCCN1CCCCC1)[C@H]1CC2CCC1C2. The lowest BCUT2D eigenvalue weighted by molar-refractivity contribution is 0.202. The monoisotopic (exact) mass is 516 g/mol. The molecule has 2 aromatic rings. The Kier molecular flexibility index (Phi) is 8.02. The number of ether oxygens (including phenoxy) is 1. The van der Waals surface area contributed by atoms with Gasteiger partial charge in [-0.05, 0) is 93.8 Å². The first-order chi connectivity index (χ1) is 17.0. The quantitative estimate of drug-likeness (QED) is 0.365. The van der Waals surface area contributed by atoms with Crippen LogP contribution in [0.2, 0.25) is 5.02 Å². The van der Waals surface area contributed by atoms with Crippen LogP contribution in [0.3, 0.4) is 0 Å². The number of hydrogen-bond acceptors (Lipinski definition) is 4. The molecular formula is C28H37ClN2O3S. The molecule has 3 fully saturated rings. The van der Waals surface area contributed by atoms with E-state index < -0.39 is 10.0 Å². The molecule has 5 rings (SSSR count). The van der Waals surface area contributed by atoms with Crippen LogP contribution in [-0.2, 0) is 16.6 Å². The van der Waals surface area contributed by atoms with Crippen molar-refractivity contribution in [2.75, 3.05) is 26.2 Å². The number of para-hydroxylation sites is 1. The van der Waals surface area contributed by atoms with Crippen LogP contribution in [0.15, 0.2) is 53.4 Å². The van der Waals surface area contributed by atoms with Gasteiger partial charge in [0.15, 0.2) is 0 Å². The summed E-state index contributed by atoms with van der Waals surface area (Å²) in [6.07, 6.45) is 9.37. The molecule has 1 saturated heterocycles. The van der Waals surface area contributed by atoms with Gasteiger partial charge < -0.3 is 9.64 Å². The van der Waals surface area contributed by atoms with Gasteiger partial charge in [-0.1, -0.05) is 42.6 Å². The second-order valence-corrected chi connectivity index (χ2v) is 12.8. The maximum Gasteiger partial charge on any atom is 0.243 e. The zero-order valence-electron chi connectivity index (χ0n) is 20.4. The van der Waals surface area contributed by atoms with E-state index in [1.165, 1.54) is 38.8 Å². The summed E-state index contributed by atoms with van der Waals surface area (Å²) in [5.41, 5.74) is 0.936. The number of benzene rings is 2. The Morgan fingerprint density at radius 1 is 0.971 bits per heavy atom. The lowest BCUT2D eigenvalue weighted by Gasteiger charge is -2.34. The molecule has 190 valence electrons. The molecule has 7 heteroatoms. The second kappa shape index (κ2) is 11.2. The molecule has 35 heavy (non-hydrogen) atoms. The fourth-order valence-corrected chi connectivity index (χ4v) is 8.08. The van der Waals surface area contributed by atoms with E-state index in [1.54, 1.807) is 28.6 Å². The van der Waals surface area contributed by atoms with Crippen LogP contribution in [0.4, 0.5) is 0 Å². The Hall–Kier alpha value is -1.60. The van der Waals surface area contributed by atoms with Gasteiger partial charge in [-0.3, -0.25) is 0 Å². The average Bonchev–Trinajstić information content (AvgIpc) is 3.50. The fraction of sp³-hybridized carbons (Fsp3) is 0.571. The lowest BCUT2D eigenvalue weighted by atomic mass is 9.95. The van der Waals surface area contributed by atoms with Crippen LogP contribution in [0.1, 0.15) is 56.9 Å². The summed E-state index contributed by atoms with van der Waals surface area (Å²) >= 11 is 6.05. The second-order valence-electron chi connectivity index (χ2n) is 10.5. The van der Waals surface area contributed by atoms with Gasteiger partial charge in [0.05, 0.1) is 11.5 Å². The van der Waals surface area contributed by atoms with Gasteiger partial charge in [0.1, 0.15) is 5.75 Å². The van der Waals surface area contributed by atoms with E-state index in [1.807, 2.05) is 24.3 Å². The summed E-state index contributed by atoms with van der Waals surface area (Å²) in [5.74, 6) is 1.89. The van der Waals surface area contributed by atoms with E-state index in [9.17, 15) is 8.42 Å². The van der Waals surface area contributed by atoms with Crippen molar-refractivity contribution in [3.05, 3.63) is 59.1 Å². The standard InChI is InChI=1S/C28H37ClN2O3S/c29-25-11-13-26(14-12-25)35(32,33)31(27-20-22-9-10-23(27)19-22)21-24-7-2-3-8-28(24)34-18-6-17-30-15-4-1-5-16-30/h2-3,7-8,11-14,22-23,27H,1,4-6,9-10,15-21H2/t22?,23?,27-/m0/s1. The molecule has 0 aromatic heterocycles. The molecule has 2 unspecified atom stereocenters. The Balaban J connectivity index is 1.32. The van der Waals surface area contributed by atoms with Crippen LogP contribution in [0, 0.1) is 11.8 Å². The first-order valence-electron chi connectivity index (χ1n) is 13.2. The van der Waals surface area contributed by atoms with E-state index in [2.05, 4.69) is 4.90 Å². The predicted octanol–water partition coefficient (Wildman–Crippen LogP) is 5.97. The number of fused-ring (bicyclic) bond motifs is 2. The molecular weight excluding hydrogens is 480 g/mol. The molecule has 2 bridgehead atoms. The molecule has 0 spiro atoms. The van der Waals surface area contributed by atoms with Crippen LogP contribution in [0.5, 0.6) is 5.75 Å². The molecule has 3 atom stereocenters. The number of hydrogen-bond donors (Lipinski definition) is 0. The Labute approximate surface area is 215 Å². The largest absolute Gasteiger partial charge is 0.493 e. The average molecular weight is 517 g/mol. The predicted molar refractivity (Wildman–Crippen MR) is 140 cm³/mol. The first kappa shape index (κ1) is 25.1. The molecule has 2 aliphatic carbocycles. The van der Waals surface area contributed by atoms with Crippen molar-refractivity contribution in [3.63, 3.8) is 0 Å². The minimum Gasteiger partial charge on any atom is -0.493 e. The Bertz CT molecular complexity index is 1090. The van der Waals surface area contributed by atoms with Crippen LogP contribution < -0.4 is 4.74 Å². The van der Waals surface area contributed by atoms with Crippen molar-refractivity contribution in [2.45, 2.75) is 68.8 Å². The zero-order chi connectivity index (χ0) is 24.3. The van der Waals surface area contributed by atoms with Crippen molar-refractivity contribution >= 4 is 21.6 Å². The van der Waals surface area contributed by atoms with Crippen molar-refractivity contribution in [1.82, 2.24) is 9.21 Å². The van der Waals surface area contributed by atoms with E-state index in [0.717, 1.165) is 43.5 Å². The fourth-order valence-electron chi connectivity index (χ4n) is 6.28. The first-order valence-corrected chi connectivity index (χ1v) is 15.0. The van der Waals surface area contributed by atoms with E-state index in [4.69, 9.17) is 16.3 Å². The van der Waals surface area contributed by atoms with Gasteiger partial charge in [0, 0.05) is 29.7 Å². The third-order valence-electron chi connectivity index (χ3n) is 8.11. The number of piperidine rings is 1. The maximum absolute atomic E-state index is 13.9. The van der Waals surface area contributed by atoms with Gasteiger partial charge in [-0.15, -0.1) is 0 Å². The van der Waals surface area contributed by atoms with Gasteiger partial charge in [0.2, 0.25) is 10.0 Å². The normalized spacial score (nSPS) is 24.8. The summed E-state index contributed by atoms with van der Waals surface area (Å²) < 4.78 is 35.8. The number of halogens is 1. The Morgan fingerprint density at radius 2 is 1.74 bits per heavy atom. The van der Waals surface area contributed by atoms with Gasteiger partial charge in [-0.2, -0.15) is 4.31 Å². The van der Waals surface area contributed by atoms with Crippen LogP contribution >= 0.6 is 11.6 Å². The number of rotatable bonds is 10. The highest BCUT2D eigenvalue weighted by atomic mass is 35.5. The lowest BCUT2D eigenvalue weighted by Crippen LogP contribution is -2.42. The molecule has 2 aromatic carbocycles. The smallest absolute Gasteiger partial charge is 0.243 e. The number of nitrogens with zero attached hydrogens (tertiary/aromatic N) is 2. The van der Waals surface area contributed by atoms with E-state index in [-0.39, 0.29) is 6.04 Å². The third-order valence-corrected chi connectivity index (χ3v) is 10.3. The molecule has 0 N–H and O–H groups in total. The summed E-state index contributed by atoms with van der Waals surface area (Å²) in [6.45, 7) is 4.42. The van der Waals surface area contributed by atoms with Gasteiger partial charge in [-0.25, -0.2) is 8.42 Å². The zero-order valence-corrected chi connectivity index (χ0v) is 22.0. The molecule has 3 aliphatic rings. The number of likely N-dealkylation sites (tertiary alicyclic amines) is 1. The summed E-state index contributed by atoms with van der Waals surface area (Å²) in [4.78, 5) is 2.83. The highest BCUT2D eigenvalue weighted by molar-refractivity contribution is 7.89. The summed E-state index contributed by atoms with van der Waals surface area (Å²) in [6, 6.07) is 14.5. The van der Waals surface area contributed by atoms with E-state index in [0.29, 0.717) is 34.9 Å². The molecule has 2 saturated carbocycles. The Morgan fingerprint density at radius 3 is 2.46 bits per heavy atom. The van der Waals surface area contributed by atoms with Crippen LogP contribution in [0.25, 0.3) is 0 Å². The van der Waals surface area contributed by atoms with Gasteiger partial charge >= 0.3 is 0 Å². The minimum absolute atomic E-state index is 0.0431. The number of sulfonamides is 1. The summed E-state index contributed by atoms with van der Waals surface area (Å²) in [7, 11) is -3.67. The minimum atomic E-state index is -3.67. The van der Waals surface area contributed by atoms with Crippen molar-refractivity contribution < 1.29 is 13.2 Å². The summed E-state index contributed by atoms with van der Waals surface area (Å²) in [5, 5.41) is 0.540. The molecule has 1 heterocycles. The molecule has 0 radical (unpaired) electrons. The highest BCUT2D eigenvalue weighted by Crippen LogP contribution is 2.48. The molecule has 1 aliphatic heterocycles. The van der Waals surface area contributed by atoms with Crippen molar-refractivity contribution in [3.8, 4) is 5.75 Å². The maximum atomic E-state index is 13.9. The molecule has 5 nitrogen and oxygen atoms in total. The highest BCUT2D eigenvalue weighted by Gasteiger charge is 2.46. The van der Waals surface area contributed by atoms with Gasteiger partial charge in [0.25, 0.3) is 0 Å². The van der Waals surface area contributed by atoms with Crippen molar-refractivity contribution in [2.24, 2.45) is 11.8 Å².